The monoisotopic (exact) mass is 276 g/mol. The van der Waals surface area contributed by atoms with Gasteiger partial charge in [-0.1, -0.05) is 13.0 Å². The van der Waals surface area contributed by atoms with Gasteiger partial charge in [-0.3, -0.25) is 4.90 Å². The molecule has 2 aliphatic rings. The molecule has 0 saturated carbocycles. The molecule has 0 aromatic heterocycles. The molecule has 20 heavy (non-hydrogen) atoms. The van der Waals surface area contributed by atoms with Crippen molar-refractivity contribution in [1.29, 1.82) is 0 Å². The van der Waals surface area contributed by atoms with E-state index in [0.29, 0.717) is 18.9 Å². The molecule has 110 valence electrons. The van der Waals surface area contributed by atoms with Crippen molar-refractivity contribution in [2.75, 3.05) is 26.4 Å². The summed E-state index contributed by atoms with van der Waals surface area (Å²) in [6.45, 7) is 8.21. The molecule has 1 aromatic carbocycles. The molecule has 1 N–H and O–H groups in total. The maximum Gasteiger partial charge on any atom is 0.231 e. The Hall–Kier alpha value is -1.26. The largest absolute Gasteiger partial charge is 0.454 e. The van der Waals surface area contributed by atoms with Gasteiger partial charge in [0.25, 0.3) is 0 Å². The molecule has 1 fully saturated rings. The highest BCUT2D eigenvalue weighted by Crippen LogP contribution is 2.36. The zero-order valence-electron chi connectivity index (χ0n) is 12.4. The van der Waals surface area contributed by atoms with Gasteiger partial charge in [-0.15, -0.1) is 0 Å². The van der Waals surface area contributed by atoms with Crippen molar-refractivity contribution in [1.82, 2.24) is 10.2 Å². The van der Waals surface area contributed by atoms with Crippen molar-refractivity contribution in [2.45, 2.75) is 38.8 Å². The first-order valence-corrected chi connectivity index (χ1v) is 7.65. The van der Waals surface area contributed by atoms with E-state index in [2.05, 4.69) is 36.2 Å². The number of nitrogens with zero attached hydrogens (tertiary/aromatic N) is 1. The Labute approximate surface area is 121 Å². The summed E-state index contributed by atoms with van der Waals surface area (Å²) in [5, 5.41) is 3.51. The predicted octanol–water partition coefficient (Wildman–Crippen LogP) is 2.55. The van der Waals surface area contributed by atoms with Crippen molar-refractivity contribution < 1.29 is 9.47 Å². The van der Waals surface area contributed by atoms with E-state index in [9.17, 15) is 0 Å². The summed E-state index contributed by atoms with van der Waals surface area (Å²) in [6.07, 6.45) is 2.56. The molecule has 2 aliphatic heterocycles. The molecule has 4 heteroatoms. The molecule has 2 atom stereocenters. The number of hydrogen-bond acceptors (Lipinski definition) is 4. The van der Waals surface area contributed by atoms with Crippen LogP contribution >= 0.6 is 0 Å². The van der Waals surface area contributed by atoms with Gasteiger partial charge in [-0.25, -0.2) is 0 Å². The van der Waals surface area contributed by atoms with E-state index in [1.807, 2.05) is 6.07 Å². The van der Waals surface area contributed by atoms with Crippen LogP contribution in [0.15, 0.2) is 18.2 Å². The summed E-state index contributed by atoms with van der Waals surface area (Å²) in [6, 6.07) is 7.36. The van der Waals surface area contributed by atoms with Crippen molar-refractivity contribution in [3.05, 3.63) is 23.8 Å². The average Bonchev–Trinajstić information content (AvgIpc) is 2.96. The Morgan fingerprint density at radius 1 is 1.35 bits per heavy atom. The van der Waals surface area contributed by atoms with E-state index in [1.165, 1.54) is 18.4 Å². The van der Waals surface area contributed by atoms with Crippen molar-refractivity contribution >= 4 is 0 Å². The van der Waals surface area contributed by atoms with Gasteiger partial charge in [-0.2, -0.15) is 0 Å². The quantitative estimate of drug-likeness (QED) is 0.916. The third-order valence-electron chi connectivity index (χ3n) is 4.48. The SMILES string of the molecule is CCN(C1CCCNC1)C(C)c1ccc2c(c1)OCO2. The lowest BCUT2D eigenvalue weighted by Gasteiger charge is -2.38. The van der Waals surface area contributed by atoms with E-state index in [0.717, 1.165) is 31.1 Å². The fraction of sp³-hybridized carbons (Fsp3) is 0.625. The zero-order chi connectivity index (χ0) is 13.9. The maximum atomic E-state index is 5.50. The summed E-state index contributed by atoms with van der Waals surface area (Å²) in [5.41, 5.74) is 1.31. The second-order valence-corrected chi connectivity index (χ2v) is 5.62. The van der Waals surface area contributed by atoms with Gasteiger partial charge < -0.3 is 14.8 Å². The number of benzene rings is 1. The fourth-order valence-electron chi connectivity index (χ4n) is 3.33. The first kappa shape index (κ1) is 13.7. The lowest BCUT2D eigenvalue weighted by atomic mass is 10.00. The van der Waals surface area contributed by atoms with E-state index < -0.39 is 0 Å². The predicted molar refractivity (Wildman–Crippen MR) is 79.3 cm³/mol. The van der Waals surface area contributed by atoms with Crippen LogP contribution in [-0.4, -0.2) is 37.4 Å². The summed E-state index contributed by atoms with van der Waals surface area (Å²) in [4.78, 5) is 2.59. The van der Waals surface area contributed by atoms with Gasteiger partial charge in [0.1, 0.15) is 0 Å². The molecule has 4 nitrogen and oxygen atoms in total. The number of nitrogens with one attached hydrogen (secondary N) is 1. The third kappa shape index (κ3) is 2.63. The third-order valence-corrected chi connectivity index (χ3v) is 4.48. The van der Waals surface area contributed by atoms with Gasteiger partial charge >= 0.3 is 0 Å². The van der Waals surface area contributed by atoms with Crippen LogP contribution in [0, 0.1) is 0 Å². The Morgan fingerprint density at radius 2 is 2.20 bits per heavy atom. The standard InChI is InChI=1S/C16H24N2O2/c1-3-18(14-5-4-8-17-10-14)12(2)13-6-7-15-16(9-13)20-11-19-15/h6-7,9,12,14,17H,3-5,8,10-11H2,1-2H3. The smallest absolute Gasteiger partial charge is 0.231 e. The highest BCUT2D eigenvalue weighted by molar-refractivity contribution is 5.45. The first-order chi connectivity index (χ1) is 9.79. The average molecular weight is 276 g/mol. The molecular formula is C16H24N2O2. The van der Waals surface area contributed by atoms with E-state index in [-0.39, 0.29) is 0 Å². The van der Waals surface area contributed by atoms with Gasteiger partial charge in [0, 0.05) is 18.6 Å². The van der Waals surface area contributed by atoms with E-state index >= 15 is 0 Å². The van der Waals surface area contributed by atoms with Gasteiger partial charge in [0.05, 0.1) is 0 Å². The molecule has 0 amide bonds. The van der Waals surface area contributed by atoms with Crippen molar-refractivity contribution in [2.24, 2.45) is 0 Å². The highest BCUT2D eigenvalue weighted by atomic mass is 16.7. The molecule has 0 spiro atoms. The lowest BCUT2D eigenvalue weighted by molar-refractivity contribution is 0.128. The van der Waals surface area contributed by atoms with Crippen LogP contribution in [0.25, 0.3) is 0 Å². The van der Waals surface area contributed by atoms with Crippen LogP contribution < -0.4 is 14.8 Å². The van der Waals surface area contributed by atoms with Crippen molar-refractivity contribution in [3.8, 4) is 11.5 Å². The Balaban J connectivity index is 1.77. The number of hydrogen-bond donors (Lipinski definition) is 1. The maximum absolute atomic E-state index is 5.50. The number of fused-ring (bicyclic) bond motifs is 1. The van der Waals surface area contributed by atoms with Crippen LogP contribution in [0.3, 0.4) is 0 Å². The van der Waals surface area contributed by atoms with Crippen LogP contribution in [-0.2, 0) is 0 Å². The van der Waals surface area contributed by atoms with Crippen LogP contribution in [0.4, 0.5) is 0 Å². The summed E-state index contributed by atoms with van der Waals surface area (Å²) >= 11 is 0. The molecule has 2 unspecified atom stereocenters. The molecule has 1 aromatic rings. The van der Waals surface area contributed by atoms with Crippen LogP contribution in [0.5, 0.6) is 11.5 Å². The highest BCUT2D eigenvalue weighted by Gasteiger charge is 2.26. The van der Waals surface area contributed by atoms with Gasteiger partial charge in [0.2, 0.25) is 6.79 Å². The molecule has 0 aliphatic carbocycles. The normalized spacial score (nSPS) is 23.1. The fourth-order valence-corrected chi connectivity index (χ4v) is 3.33. The van der Waals surface area contributed by atoms with Crippen LogP contribution in [0.2, 0.25) is 0 Å². The molecule has 0 radical (unpaired) electrons. The second-order valence-electron chi connectivity index (χ2n) is 5.62. The minimum Gasteiger partial charge on any atom is -0.454 e. The number of ether oxygens (including phenoxy) is 2. The Bertz CT molecular complexity index is 458. The van der Waals surface area contributed by atoms with Crippen LogP contribution in [0.1, 0.15) is 38.3 Å². The molecular weight excluding hydrogens is 252 g/mol. The van der Waals surface area contributed by atoms with E-state index in [4.69, 9.17) is 9.47 Å². The number of rotatable bonds is 4. The summed E-state index contributed by atoms with van der Waals surface area (Å²) in [5.74, 6) is 1.75. The van der Waals surface area contributed by atoms with Gasteiger partial charge in [0.15, 0.2) is 11.5 Å². The summed E-state index contributed by atoms with van der Waals surface area (Å²) < 4.78 is 10.9. The Kier molecular flexibility index (Phi) is 4.13. The number of piperidine rings is 1. The molecule has 0 bridgehead atoms. The zero-order valence-corrected chi connectivity index (χ0v) is 12.4. The molecule has 2 heterocycles. The minimum absolute atomic E-state index is 0.344. The van der Waals surface area contributed by atoms with Crippen molar-refractivity contribution in [3.63, 3.8) is 0 Å². The minimum atomic E-state index is 0.344. The Morgan fingerprint density at radius 3 is 2.95 bits per heavy atom. The van der Waals surface area contributed by atoms with E-state index in [1.54, 1.807) is 0 Å². The first-order valence-electron chi connectivity index (χ1n) is 7.65. The molecule has 3 rings (SSSR count). The second kappa shape index (κ2) is 6.02. The topological polar surface area (TPSA) is 33.7 Å². The van der Waals surface area contributed by atoms with Gasteiger partial charge in [-0.05, 0) is 50.6 Å². The molecule has 1 saturated heterocycles. The number of likely N-dealkylation sites (N-methyl/N-ethyl adjacent to an activating group) is 1. The summed E-state index contributed by atoms with van der Waals surface area (Å²) in [7, 11) is 0. The lowest BCUT2D eigenvalue weighted by Crippen LogP contribution is -2.46.